The molecular formula is C6H11O2. The highest BCUT2D eigenvalue weighted by atomic mass is 16.6. The fourth-order valence-corrected chi connectivity index (χ4v) is 0.523. The fourth-order valence-electron chi connectivity index (χ4n) is 0.523. The first-order chi connectivity index (χ1) is 3.79. The van der Waals surface area contributed by atoms with E-state index in [9.17, 15) is 0 Å². The van der Waals surface area contributed by atoms with E-state index in [-0.39, 0.29) is 6.29 Å². The van der Waals surface area contributed by atoms with Crippen molar-refractivity contribution in [1.29, 1.82) is 0 Å². The molecule has 1 fully saturated rings. The molecule has 1 aliphatic rings. The van der Waals surface area contributed by atoms with Crippen molar-refractivity contribution in [1.82, 2.24) is 0 Å². The third-order valence-corrected chi connectivity index (χ3v) is 1.22. The maximum absolute atomic E-state index is 8.52. The number of ether oxygens (including phenoxy) is 1. The van der Waals surface area contributed by atoms with Crippen LogP contribution < -0.4 is 0 Å². The van der Waals surface area contributed by atoms with Crippen LogP contribution in [0.15, 0.2) is 0 Å². The Kier molecular flexibility index (Phi) is 1.86. The average Bonchev–Trinajstić information content (AvgIpc) is 2.41. The Morgan fingerprint density at radius 1 is 1.75 bits per heavy atom. The molecule has 2 heteroatoms. The van der Waals surface area contributed by atoms with Gasteiger partial charge in [-0.25, -0.2) is 0 Å². The van der Waals surface area contributed by atoms with E-state index in [2.05, 4.69) is 0 Å². The molecule has 0 amide bonds. The van der Waals surface area contributed by atoms with E-state index in [1.807, 2.05) is 0 Å². The molecular weight excluding hydrogens is 104 g/mol. The molecule has 0 bridgehead atoms. The summed E-state index contributed by atoms with van der Waals surface area (Å²) < 4.78 is 4.84. The first-order valence-corrected chi connectivity index (χ1v) is 2.94. The lowest BCUT2D eigenvalue weighted by Gasteiger charge is -2.01. The predicted molar refractivity (Wildman–Crippen MR) is 29.5 cm³/mol. The molecule has 0 spiro atoms. The van der Waals surface area contributed by atoms with Crippen LogP contribution in [0.3, 0.4) is 0 Å². The zero-order valence-corrected chi connectivity index (χ0v) is 5.05. The van der Waals surface area contributed by atoms with Gasteiger partial charge in [-0.3, -0.25) is 0 Å². The Labute approximate surface area is 49.5 Å². The molecule has 1 N–H and O–H groups in total. The van der Waals surface area contributed by atoms with E-state index in [0.717, 1.165) is 5.92 Å². The molecule has 47 valence electrons. The second-order valence-electron chi connectivity index (χ2n) is 2.27. The summed E-state index contributed by atoms with van der Waals surface area (Å²) >= 11 is 0. The largest absolute Gasteiger partial charge is 0.362 e. The second kappa shape index (κ2) is 2.46. The van der Waals surface area contributed by atoms with Crippen molar-refractivity contribution in [2.45, 2.75) is 19.8 Å². The van der Waals surface area contributed by atoms with Gasteiger partial charge in [-0.15, -0.1) is 0 Å². The van der Waals surface area contributed by atoms with Crippen LogP contribution in [0.25, 0.3) is 0 Å². The summed E-state index contributed by atoms with van der Waals surface area (Å²) in [6.45, 7) is 2.27. The van der Waals surface area contributed by atoms with Crippen LogP contribution in [0.1, 0.15) is 19.8 Å². The lowest BCUT2D eigenvalue weighted by atomic mass is 10.5. The maximum atomic E-state index is 8.52. The molecule has 2 nitrogen and oxygen atoms in total. The van der Waals surface area contributed by atoms with Gasteiger partial charge in [0.15, 0.2) is 0 Å². The molecule has 0 aromatic heterocycles. The Hall–Kier alpha value is -0.0800. The third kappa shape index (κ3) is 2.28. The lowest BCUT2D eigenvalue weighted by molar-refractivity contribution is 0.00985. The van der Waals surface area contributed by atoms with E-state index in [1.165, 1.54) is 12.8 Å². The van der Waals surface area contributed by atoms with Crippen LogP contribution in [-0.4, -0.2) is 11.7 Å². The smallest absolute Gasteiger partial charge is 0.217 e. The molecule has 1 radical (unpaired) electrons. The molecule has 1 rings (SSSR count). The Morgan fingerprint density at radius 2 is 2.38 bits per heavy atom. The lowest BCUT2D eigenvalue weighted by Crippen LogP contribution is -1.99. The minimum Gasteiger partial charge on any atom is -0.362 e. The van der Waals surface area contributed by atoms with Gasteiger partial charge in [-0.2, -0.15) is 0 Å². The Morgan fingerprint density at radius 3 is 2.75 bits per heavy atom. The van der Waals surface area contributed by atoms with Gasteiger partial charge in [0, 0.05) is 0 Å². The van der Waals surface area contributed by atoms with Crippen molar-refractivity contribution in [2.75, 3.05) is 6.61 Å². The van der Waals surface area contributed by atoms with Crippen LogP contribution >= 0.6 is 0 Å². The molecule has 0 atom stereocenters. The standard InChI is InChI=1S/C6H11O2/c1-5(7)8-4-6-2-3-6/h6-7H,2-4H2,1H3. The van der Waals surface area contributed by atoms with E-state index in [4.69, 9.17) is 9.84 Å². The Bertz CT molecular complexity index is 64.9. The average molecular weight is 115 g/mol. The quantitative estimate of drug-likeness (QED) is 0.600. The molecule has 0 aliphatic heterocycles. The van der Waals surface area contributed by atoms with Crippen LogP contribution in [-0.2, 0) is 4.74 Å². The first kappa shape index (κ1) is 6.05. The predicted octanol–water partition coefficient (Wildman–Crippen LogP) is 1.29. The highest BCUT2D eigenvalue weighted by molar-refractivity contribution is 4.72. The van der Waals surface area contributed by atoms with Crippen LogP contribution in [0.2, 0.25) is 0 Å². The third-order valence-electron chi connectivity index (χ3n) is 1.22. The topological polar surface area (TPSA) is 29.5 Å². The monoisotopic (exact) mass is 115 g/mol. The summed E-state index contributed by atoms with van der Waals surface area (Å²) in [5.41, 5.74) is 0. The minimum absolute atomic E-state index is 0.0944. The molecule has 0 heterocycles. The van der Waals surface area contributed by atoms with E-state index in [0.29, 0.717) is 6.61 Å². The molecule has 8 heavy (non-hydrogen) atoms. The molecule has 0 aromatic carbocycles. The van der Waals surface area contributed by atoms with Gasteiger partial charge >= 0.3 is 0 Å². The number of aliphatic hydroxyl groups is 1. The van der Waals surface area contributed by atoms with E-state index < -0.39 is 0 Å². The SMILES string of the molecule is C[C](O)OCC1CC1. The van der Waals surface area contributed by atoms with Crippen LogP contribution in [0, 0.1) is 12.2 Å². The molecule has 1 aliphatic carbocycles. The summed E-state index contributed by atoms with van der Waals surface area (Å²) in [6, 6.07) is 0. The summed E-state index contributed by atoms with van der Waals surface area (Å²) in [6.07, 6.45) is 2.64. The summed E-state index contributed by atoms with van der Waals surface area (Å²) in [5, 5.41) is 8.52. The molecule has 1 saturated carbocycles. The van der Waals surface area contributed by atoms with Gasteiger partial charge in [0.2, 0.25) is 6.29 Å². The second-order valence-corrected chi connectivity index (χ2v) is 2.27. The minimum atomic E-state index is 0.0944. The summed E-state index contributed by atoms with van der Waals surface area (Å²) in [7, 11) is 0. The molecule has 0 aromatic rings. The number of rotatable bonds is 3. The van der Waals surface area contributed by atoms with Crippen LogP contribution in [0.4, 0.5) is 0 Å². The van der Waals surface area contributed by atoms with Gasteiger partial charge in [-0.1, -0.05) is 0 Å². The van der Waals surface area contributed by atoms with Crippen molar-refractivity contribution in [3.05, 3.63) is 6.29 Å². The zero-order valence-electron chi connectivity index (χ0n) is 5.05. The van der Waals surface area contributed by atoms with Gasteiger partial charge in [0.25, 0.3) is 0 Å². The fraction of sp³-hybridized carbons (Fsp3) is 0.833. The first-order valence-electron chi connectivity index (χ1n) is 2.94. The summed E-state index contributed by atoms with van der Waals surface area (Å²) in [5.74, 6) is 0.733. The van der Waals surface area contributed by atoms with Crippen molar-refractivity contribution in [2.24, 2.45) is 5.92 Å². The maximum Gasteiger partial charge on any atom is 0.217 e. The highest BCUT2D eigenvalue weighted by Gasteiger charge is 2.21. The number of aliphatic hydroxyl groups excluding tert-OH is 1. The van der Waals surface area contributed by atoms with Crippen molar-refractivity contribution in [3.8, 4) is 0 Å². The van der Waals surface area contributed by atoms with Gasteiger partial charge in [0.05, 0.1) is 6.61 Å². The van der Waals surface area contributed by atoms with E-state index >= 15 is 0 Å². The van der Waals surface area contributed by atoms with Crippen molar-refractivity contribution >= 4 is 0 Å². The molecule has 0 unspecified atom stereocenters. The zero-order chi connectivity index (χ0) is 5.98. The van der Waals surface area contributed by atoms with Gasteiger partial charge in [-0.05, 0) is 25.7 Å². The van der Waals surface area contributed by atoms with Crippen molar-refractivity contribution in [3.63, 3.8) is 0 Å². The molecule has 0 saturated heterocycles. The van der Waals surface area contributed by atoms with Crippen LogP contribution in [0.5, 0.6) is 0 Å². The van der Waals surface area contributed by atoms with Gasteiger partial charge < -0.3 is 9.84 Å². The highest BCUT2D eigenvalue weighted by Crippen LogP contribution is 2.29. The number of hydrogen-bond acceptors (Lipinski definition) is 2. The van der Waals surface area contributed by atoms with E-state index in [1.54, 1.807) is 6.92 Å². The Balaban J connectivity index is 1.87. The normalized spacial score (nSPS) is 19.9. The van der Waals surface area contributed by atoms with Gasteiger partial charge in [0.1, 0.15) is 0 Å². The van der Waals surface area contributed by atoms with Crippen molar-refractivity contribution < 1.29 is 9.84 Å². The number of hydrogen-bond donors (Lipinski definition) is 1. The summed E-state index contributed by atoms with van der Waals surface area (Å²) in [4.78, 5) is 0.